The predicted octanol–water partition coefficient (Wildman–Crippen LogP) is 3.63. The summed E-state index contributed by atoms with van der Waals surface area (Å²) in [4.78, 5) is 12.5. The molecule has 1 N–H and O–H groups in total. The first-order chi connectivity index (χ1) is 13.2. The van der Waals surface area contributed by atoms with Gasteiger partial charge in [-0.05, 0) is 38.5 Å². The molecule has 0 radical (unpaired) electrons. The number of sulfonamides is 1. The van der Waals surface area contributed by atoms with Crippen LogP contribution in [0.15, 0.2) is 53.4 Å². The van der Waals surface area contributed by atoms with Crippen LogP contribution in [-0.4, -0.2) is 31.2 Å². The number of halogens is 1. The second-order valence-corrected chi connectivity index (χ2v) is 8.87. The van der Waals surface area contributed by atoms with Crippen LogP contribution in [0.5, 0.6) is 0 Å². The monoisotopic (exact) mass is 406 g/mol. The summed E-state index contributed by atoms with van der Waals surface area (Å²) in [5.41, 5.74) is 1.14. The normalized spacial score (nSPS) is 12.8. The third-order valence-electron chi connectivity index (χ3n) is 4.41. The highest BCUT2D eigenvalue weighted by atomic mass is 32.2. The van der Waals surface area contributed by atoms with Gasteiger partial charge in [0.2, 0.25) is 15.9 Å². The highest BCUT2D eigenvalue weighted by Gasteiger charge is 2.28. The van der Waals surface area contributed by atoms with Crippen LogP contribution >= 0.6 is 0 Å². The largest absolute Gasteiger partial charge is 0.353 e. The molecule has 5 nitrogen and oxygen atoms in total. The van der Waals surface area contributed by atoms with Gasteiger partial charge in [0.05, 0.1) is 11.4 Å². The summed E-state index contributed by atoms with van der Waals surface area (Å²) >= 11 is 0. The van der Waals surface area contributed by atoms with E-state index in [2.05, 4.69) is 5.32 Å². The number of rotatable bonds is 9. The molecule has 0 unspecified atom stereocenters. The van der Waals surface area contributed by atoms with E-state index in [4.69, 9.17) is 0 Å². The predicted molar refractivity (Wildman–Crippen MR) is 108 cm³/mol. The van der Waals surface area contributed by atoms with Gasteiger partial charge in [0.25, 0.3) is 0 Å². The van der Waals surface area contributed by atoms with Crippen molar-refractivity contribution in [1.29, 1.82) is 0 Å². The third-order valence-corrected chi connectivity index (χ3v) is 6.22. The molecule has 0 heterocycles. The molecule has 1 atom stereocenters. The van der Waals surface area contributed by atoms with Crippen LogP contribution in [0.1, 0.15) is 37.8 Å². The quantitative estimate of drug-likeness (QED) is 0.692. The van der Waals surface area contributed by atoms with Crippen LogP contribution in [0.4, 0.5) is 4.39 Å². The van der Waals surface area contributed by atoms with Crippen molar-refractivity contribution in [2.45, 2.75) is 51.1 Å². The van der Waals surface area contributed by atoms with Crippen LogP contribution in [-0.2, 0) is 21.4 Å². The summed E-state index contributed by atoms with van der Waals surface area (Å²) in [5, 5.41) is 2.81. The van der Waals surface area contributed by atoms with Crippen molar-refractivity contribution in [3.8, 4) is 0 Å². The minimum absolute atomic E-state index is 0.0603. The molecule has 0 aromatic heterocycles. The number of nitrogens with zero attached hydrogens (tertiary/aromatic N) is 1. The molecule has 0 saturated heterocycles. The van der Waals surface area contributed by atoms with Crippen molar-refractivity contribution >= 4 is 15.9 Å². The molecule has 152 valence electrons. The molecule has 28 heavy (non-hydrogen) atoms. The Balaban J connectivity index is 2.31. The molecular weight excluding hydrogens is 379 g/mol. The Labute approximate surface area is 166 Å². The fourth-order valence-corrected chi connectivity index (χ4v) is 4.26. The smallest absolute Gasteiger partial charge is 0.243 e. The van der Waals surface area contributed by atoms with Crippen molar-refractivity contribution < 1.29 is 17.6 Å². The van der Waals surface area contributed by atoms with Crippen molar-refractivity contribution in [2.24, 2.45) is 0 Å². The molecule has 2 aromatic carbocycles. The number of benzene rings is 2. The first kappa shape index (κ1) is 22.0. The lowest BCUT2D eigenvalue weighted by atomic mass is 10.2. The van der Waals surface area contributed by atoms with Gasteiger partial charge in [-0.15, -0.1) is 0 Å². The Morgan fingerprint density at radius 2 is 1.79 bits per heavy atom. The Morgan fingerprint density at radius 1 is 1.14 bits per heavy atom. The number of aryl methyl sites for hydroxylation is 1. The van der Waals surface area contributed by atoms with E-state index in [1.54, 1.807) is 18.2 Å². The number of nitrogens with one attached hydrogen (secondary N) is 1. The average Bonchev–Trinajstić information content (AvgIpc) is 2.63. The van der Waals surface area contributed by atoms with E-state index < -0.39 is 21.7 Å². The number of hydrogen-bond donors (Lipinski definition) is 1. The van der Waals surface area contributed by atoms with Crippen molar-refractivity contribution in [3.05, 3.63) is 65.5 Å². The summed E-state index contributed by atoms with van der Waals surface area (Å²) in [6.45, 7) is 5.14. The summed E-state index contributed by atoms with van der Waals surface area (Å²) in [6.07, 6.45) is 1.70. The SMILES string of the molecule is CCC[C@@H](C)NC(=O)CN(Cc1ccccc1F)S(=O)(=O)c1ccc(C)cc1. The Kier molecular flexibility index (Phi) is 7.71. The molecule has 0 fully saturated rings. The van der Waals surface area contributed by atoms with Crippen LogP contribution in [0.2, 0.25) is 0 Å². The lowest BCUT2D eigenvalue weighted by Gasteiger charge is -2.23. The van der Waals surface area contributed by atoms with Crippen molar-refractivity contribution in [3.63, 3.8) is 0 Å². The maximum absolute atomic E-state index is 14.1. The maximum atomic E-state index is 14.1. The minimum atomic E-state index is -3.97. The summed E-state index contributed by atoms with van der Waals surface area (Å²) in [7, 11) is -3.97. The average molecular weight is 407 g/mol. The van der Waals surface area contributed by atoms with Crippen molar-refractivity contribution in [2.75, 3.05) is 6.54 Å². The highest BCUT2D eigenvalue weighted by Crippen LogP contribution is 2.20. The standard InChI is InChI=1S/C21H27FN2O3S/c1-4-7-17(3)23-21(25)15-24(14-18-8-5-6-9-20(18)22)28(26,27)19-12-10-16(2)11-13-19/h5-6,8-13,17H,4,7,14-15H2,1-3H3,(H,23,25)/t17-/m1/s1. The fourth-order valence-electron chi connectivity index (χ4n) is 2.89. The van der Waals surface area contributed by atoms with E-state index in [9.17, 15) is 17.6 Å². The number of hydrogen-bond acceptors (Lipinski definition) is 3. The molecule has 0 bridgehead atoms. The van der Waals surface area contributed by atoms with Gasteiger partial charge in [0.15, 0.2) is 0 Å². The van der Waals surface area contributed by atoms with Gasteiger partial charge in [-0.2, -0.15) is 4.31 Å². The number of carbonyl (C=O) groups is 1. The van der Waals surface area contributed by atoms with Crippen LogP contribution in [0, 0.1) is 12.7 Å². The minimum Gasteiger partial charge on any atom is -0.353 e. The molecular formula is C21H27FN2O3S. The molecule has 0 spiro atoms. The number of amides is 1. The van der Waals surface area contributed by atoms with Gasteiger partial charge >= 0.3 is 0 Å². The van der Waals surface area contributed by atoms with E-state index >= 15 is 0 Å². The zero-order valence-corrected chi connectivity index (χ0v) is 17.3. The first-order valence-electron chi connectivity index (χ1n) is 9.33. The van der Waals surface area contributed by atoms with Gasteiger partial charge in [0, 0.05) is 18.2 Å². The lowest BCUT2D eigenvalue weighted by molar-refractivity contribution is -0.122. The van der Waals surface area contributed by atoms with E-state index in [0.29, 0.717) is 0 Å². The summed E-state index contributed by atoms with van der Waals surface area (Å²) < 4.78 is 41.4. The second-order valence-electron chi connectivity index (χ2n) is 6.93. The molecule has 7 heteroatoms. The molecule has 0 aliphatic rings. The molecule has 2 rings (SSSR count). The Hall–Kier alpha value is -2.25. The fraction of sp³-hybridized carbons (Fsp3) is 0.381. The van der Waals surface area contributed by atoms with E-state index in [1.807, 2.05) is 20.8 Å². The highest BCUT2D eigenvalue weighted by molar-refractivity contribution is 7.89. The Bertz CT molecular complexity index is 898. The third kappa shape index (κ3) is 5.87. The second kappa shape index (κ2) is 9.80. The number of carbonyl (C=O) groups excluding carboxylic acids is 1. The van der Waals surface area contributed by atoms with Crippen LogP contribution in [0.3, 0.4) is 0 Å². The van der Waals surface area contributed by atoms with E-state index in [1.165, 1.54) is 30.3 Å². The van der Waals surface area contributed by atoms with Crippen molar-refractivity contribution in [1.82, 2.24) is 9.62 Å². The van der Waals surface area contributed by atoms with Gasteiger partial charge in [-0.25, -0.2) is 12.8 Å². The van der Waals surface area contributed by atoms with Gasteiger partial charge in [0.1, 0.15) is 5.82 Å². The molecule has 0 saturated carbocycles. The summed E-state index contributed by atoms with van der Waals surface area (Å²) in [6, 6.07) is 12.3. The van der Waals surface area contributed by atoms with E-state index in [0.717, 1.165) is 22.7 Å². The van der Waals surface area contributed by atoms with Gasteiger partial charge in [-0.1, -0.05) is 49.2 Å². The molecule has 2 aromatic rings. The van der Waals surface area contributed by atoms with Crippen LogP contribution < -0.4 is 5.32 Å². The zero-order chi connectivity index (χ0) is 20.7. The maximum Gasteiger partial charge on any atom is 0.243 e. The van der Waals surface area contributed by atoms with Gasteiger partial charge in [-0.3, -0.25) is 4.79 Å². The molecule has 1 amide bonds. The lowest BCUT2D eigenvalue weighted by Crippen LogP contribution is -2.43. The zero-order valence-electron chi connectivity index (χ0n) is 16.5. The topological polar surface area (TPSA) is 66.5 Å². The summed E-state index contributed by atoms with van der Waals surface area (Å²) in [5.74, 6) is -0.917. The first-order valence-corrected chi connectivity index (χ1v) is 10.8. The van der Waals surface area contributed by atoms with Crippen LogP contribution in [0.25, 0.3) is 0 Å². The van der Waals surface area contributed by atoms with E-state index in [-0.39, 0.29) is 29.6 Å². The van der Waals surface area contributed by atoms with Gasteiger partial charge < -0.3 is 5.32 Å². The molecule has 0 aliphatic heterocycles. The Morgan fingerprint density at radius 3 is 2.39 bits per heavy atom. The molecule has 0 aliphatic carbocycles.